The highest BCUT2D eigenvalue weighted by molar-refractivity contribution is 5.85. The van der Waals surface area contributed by atoms with Gasteiger partial charge in [0.1, 0.15) is 0 Å². The number of nitrogens with zero attached hydrogens (tertiary/aromatic N) is 1. The first-order chi connectivity index (χ1) is 15.6. The lowest BCUT2D eigenvalue weighted by atomic mass is 9.98. The SMILES string of the molecule is Cc1cc(CCCCCCCC/C=C\CCCCCCCC(=O)O)c2nccc(C)c2c1. The summed E-state index contributed by atoms with van der Waals surface area (Å²) in [6.07, 6.45) is 23.8. The van der Waals surface area contributed by atoms with Gasteiger partial charge in [-0.3, -0.25) is 9.78 Å². The lowest BCUT2D eigenvalue weighted by Gasteiger charge is -2.09. The highest BCUT2D eigenvalue weighted by Crippen LogP contribution is 2.23. The summed E-state index contributed by atoms with van der Waals surface area (Å²) in [7, 11) is 0. The van der Waals surface area contributed by atoms with E-state index in [1.54, 1.807) is 0 Å². The molecule has 0 amide bonds. The van der Waals surface area contributed by atoms with Gasteiger partial charge < -0.3 is 5.11 Å². The van der Waals surface area contributed by atoms with Crippen LogP contribution in [0.5, 0.6) is 0 Å². The molecule has 0 atom stereocenters. The summed E-state index contributed by atoms with van der Waals surface area (Å²) in [4.78, 5) is 15.1. The van der Waals surface area contributed by atoms with Crippen molar-refractivity contribution in [3.8, 4) is 0 Å². The highest BCUT2D eigenvalue weighted by atomic mass is 16.4. The second-order valence-electron chi connectivity index (χ2n) is 9.28. The largest absolute Gasteiger partial charge is 0.481 e. The molecule has 1 aromatic carbocycles. The first kappa shape index (κ1) is 26.1. The van der Waals surface area contributed by atoms with E-state index >= 15 is 0 Å². The number of unbranched alkanes of at least 4 members (excludes halogenated alkanes) is 11. The number of aryl methyl sites for hydroxylation is 3. The Labute approximate surface area is 195 Å². The third-order valence-corrected chi connectivity index (χ3v) is 6.28. The topological polar surface area (TPSA) is 50.2 Å². The van der Waals surface area contributed by atoms with Crippen molar-refractivity contribution >= 4 is 16.9 Å². The Morgan fingerprint density at radius 3 is 2.09 bits per heavy atom. The van der Waals surface area contributed by atoms with E-state index in [0.29, 0.717) is 6.42 Å². The zero-order valence-electron chi connectivity index (χ0n) is 20.4. The molecule has 1 heterocycles. The van der Waals surface area contributed by atoms with Crippen molar-refractivity contribution in [1.29, 1.82) is 0 Å². The van der Waals surface area contributed by atoms with Gasteiger partial charge in [0.05, 0.1) is 5.52 Å². The minimum atomic E-state index is -0.670. The number of carboxylic acids is 1. The molecule has 0 saturated heterocycles. The zero-order valence-corrected chi connectivity index (χ0v) is 20.4. The van der Waals surface area contributed by atoms with Gasteiger partial charge >= 0.3 is 5.97 Å². The lowest BCUT2D eigenvalue weighted by Crippen LogP contribution is -1.93. The second kappa shape index (κ2) is 15.6. The lowest BCUT2D eigenvalue weighted by molar-refractivity contribution is -0.137. The van der Waals surface area contributed by atoms with Crippen molar-refractivity contribution in [3.63, 3.8) is 0 Å². The molecule has 0 radical (unpaired) electrons. The van der Waals surface area contributed by atoms with Gasteiger partial charge in [-0.2, -0.15) is 0 Å². The number of pyridine rings is 1. The molecular formula is C29H43NO2. The number of benzene rings is 1. The summed E-state index contributed by atoms with van der Waals surface area (Å²) in [5, 5.41) is 9.92. The second-order valence-corrected chi connectivity index (χ2v) is 9.28. The van der Waals surface area contributed by atoms with Crippen LogP contribution < -0.4 is 0 Å². The van der Waals surface area contributed by atoms with Gasteiger partial charge in [-0.05, 0) is 82.1 Å². The molecule has 2 aromatic rings. The van der Waals surface area contributed by atoms with E-state index in [4.69, 9.17) is 5.11 Å². The summed E-state index contributed by atoms with van der Waals surface area (Å²) in [6, 6.07) is 6.69. The Hall–Kier alpha value is -2.16. The fourth-order valence-electron chi connectivity index (χ4n) is 4.40. The van der Waals surface area contributed by atoms with Gasteiger partial charge in [-0.25, -0.2) is 0 Å². The van der Waals surface area contributed by atoms with Crippen molar-refractivity contribution in [1.82, 2.24) is 4.98 Å². The van der Waals surface area contributed by atoms with Crippen molar-refractivity contribution in [2.75, 3.05) is 0 Å². The van der Waals surface area contributed by atoms with Gasteiger partial charge in [-0.15, -0.1) is 0 Å². The molecule has 3 heteroatoms. The van der Waals surface area contributed by atoms with Crippen LogP contribution in [-0.2, 0) is 11.2 Å². The Morgan fingerprint density at radius 1 is 0.844 bits per heavy atom. The summed E-state index contributed by atoms with van der Waals surface area (Å²) in [5.74, 6) is -0.670. The first-order valence-electron chi connectivity index (χ1n) is 12.8. The molecule has 0 fully saturated rings. The average molecular weight is 438 g/mol. The number of hydrogen-bond acceptors (Lipinski definition) is 2. The number of carboxylic acid groups (broad SMARTS) is 1. The molecule has 2 rings (SSSR count). The third-order valence-electron chi connectivity index (χ3n) is 6.28. The van der Waals surface area contributed by atoms with Gasteiger partial charge in [0.15, 0.2) is 0 Å². The van der Waals surface area contributed by atoms with Crippen LogP contribution in [0, 0.1) is 13.8 Å². The van der Waals surface area contributed by atoms with Crippen LogP contribution in [-0.4, -0.2) is 16.1 Å². The molecule has 0 bridgehead atoms. The number of fused-ring (bicyclic) bond motifs is 1. The van der Waals surface area contributed by atoms with Crippen LogP contribution in [0.4, 0.5) is 0 Å². The maximum Gasteiger partial charge on any atom is 0.303 e. The minimum Gasteiger partial charge on any atom is -0.481 e. The molecule has 32 heavy (non-hydrogen) atoms. The average Bonchev–Trinajstić information content (AvgIpc) is 2.76. The van der Waals surface area contributed by atoms with Gasteiger partial charge in [0, 0.05) is 18.0 Å². The van der Waals surface area contributed by atoms with Crippen LogP contribution >= 0.6 is 0 Å². The van der Waals surface area contributed by atoms with Crippen molar-refractivity contribution in [3.05, 3.63) is 53.2 Å². The Balaban J connectivity index is 1.45. The van der Waals surface area contributed by atoms with E-state index in [2.05, 4.69) is 49.2 Å². The standard InChI is InChI=1S/C29H43NO2/c1-24-22-26(29-27(23-24)25(2)20-21-30-29)18-16-14-12-10-8-6-4-3-5-7-9-11-13-15-17-19-28(31)32/h3,5,20-23H,4,6-19H2,1-2H3,(H,31,32)/b5-3-. The maximum atomic E-state index is 10.4. The Bertz CT molecular complexity index is 840. The number of aromatic nitrogens is 1. The molecule has 0 spiro atoms. The Kier molecular flexibility index (Phi) is 12.7. The molecule has 0 saturated carbocycles. The van der Waals surface area contributed by atoms with E-state index < -0.39 is 5.97 Å². The predicted molar refractivity (Wildman–Crippen MR) is 136 cm³/mol. The fraction of sp³-hybridized carbons (Fsp3) is 0.586. The molecule has 0 aliphatic rings. The smallest absolute Gasteiger partial charge is 0.303 e. The van der Waals surface area contributed by atoms with Gasteiger partial charge in [-0.1, -0.05) is 68.7 Å². The highest BCUT2D eigenvalue weighted by Gasteiger charge is 2.06. The maximum absolute atomic E-state index is 10.4. The number of allylic oxidation sites excluding steroid dienone is 2. The molecule has 0 aliphatic carbocycles. The number of hydrogen-bond donors (Lipinski definition) is 1. The van der Waals surface area contributed by atoms with Gasteiger partial charge in [0.2, 0.25) is 0 Å². The Morgan fingerprint density at radius 2 is 1.44 bits per heavy atom. The van der Waals surface area contributed by atoms with Crippen LogP contribution in [0.2, 0.25) is 0 Å². The first-order valence-corrected chi connectivity index (χ1v) is 12.8. The van der Waals surface area contributed by atoms with Crippen molar-refractivity contribution in [2.24, 2.45) is 0 Å². The summed E-state index contributed by atoms with van der Waals surface area (Å²) < 4.78 is 0. The van der Waals surface area contributed by atoms with E-state index in [1.165, 1.54) is 91.8 Å². The molecule has 0 aliphatic heterocycles. The molecule has 1 aromatic heterocycles. The molecular weight excluding hydrogens is 394 g/mol. The molecule has 176 valence electrons. The summed E-state index contributed by atoms with van der Waals surface area (Å²) in [5.41, 5.74) is 5.27. The van der Waals surface area contributed by atoms with E-state index in [1.807, 2.05) is 6.20 Å². The van der Waals surface area contributed by atoms with Gasteiger partial charge in [0.25, 0.3) is 0 Å². The zero-order chi connectivity index (χ0) is 23.0. The van der Waals surface area contributed by atoms with E-state index in [9.17, 15) is 4.79 Å². The van der Waals surface area contributed by atoms with Crippen LogP contribution in [0.1, 0.15) is 107 Å². The number of rotatable bonds is 17. The summed E-state index contributed by atoms with van der Waals surface area (Å²) >= 11 is 0. The van der Waals surface area contributed by atoms with Crippen LogP contribution in [0.3, 0.4) is 0 Å². The quantitative estimate of drug-likeness (QED) is 0.199. The molecule has 0 unspecified atom stereocenters. The minimum absolute atomic E-state index is 0.320. The predicted octanol–water partition coefficient (Wildman–Crippen LogP) is 8.50. The molecule has 1 N–H and O–H groups in total. The monoisotopic (exact) mass is 437 g/mol. The number of aliphatic carboxylic acids is 1. The van der Waals surface area contributed by atoms with E-state index in [0.717, 1.165) is 25.7 Å². The van der Waals surface area contributed by atoms with Crippen LogP contribution in [0.25, 0.3) is 10.9 Å². The van der Waals surface area contributed by atoms with Crippen molar-refractivity contribution in [2.45, 2.75) is 110 Å². The van der Waals surface area contributed by atoms with Crippen LogP contribution in [0.15, 0.2) is 36.5 Å². The van der Waals surface area contributed by atoms with E-state index in [-0.39, 0.29) is 0 Å². The summed E-state index contributed by atoms with van der Waals surface area (Å²) in [6.45, 7) is 4.37. The number of carbonyl (C=O) groups is 1. The fourth-order valence-corrected chi connectivity index (χ4v) is 4.40. The molecule has 3 nitrogen and oxygen atoms in total. The van der Waals surface area contributed by atoms with Crippen molar-refractivity contribution < 1.29 is 9.90 Å². The normalized spacial score (nSPS) is 11.6. The third kappa shape index (κ3) is 10.4.